The first-order valence-electron chi connectivity index (χ1n) is 6.48. The Labute approximate surface area is 117 Å². The second-order valence-electron chi connectivity index (χ2n) is 6.09. The first-order chi connectivity index (χ1) is 9.14. The first kappa shape index (κ1) is 17.1. The maximum atomic E-state index is 13.8. The van der Waals surface area contributed by atoms with Crippen molar-refractivity contribution in [3.8, 4) is 0 Å². The van der Waals surface area contributed by atoms with Crippen molar-refractivity contribution in [3.05, 3.63) is 0 Å². The Kier molecular flexibility index (Phi) is 5.32. The van der Waals surface area contributed by atoms with Crippen LogP contribution < -0.4 is 5.32 Å². The molecule has 20 heavy (non-hydrogen) atoms. The average Bonchev–Trinajstić information content (AvgIpc) is 2.28. The van der Waals surface area contributed by atoms with Crippen LogP contribution in [0.5, 0.6) is 0 Å². The summed E-state index contributed by atoms with van der Waals surface area (Å²) < 4.78 is 41.8. The molecule has 0 radical (unpaired) electrons. The highest BCUT2D eigenvalue weighted by atomic mass is 19.2. The summed E-state index contributed by atoms with van der Waals surface area (Å²) >= 11 is 0. The van der Waals surface area contributed by atoms with Crippen LogP contribution >= 0.6 is 0 Å². The fourth-order valence-electron chi connectivity index (χ4n) is 2.38. The number of hydrogen-bond acceptors (Lipinski definition) is 4. The minimum absolute atomic E-state index is 0.0935. The van der Waals surface area contributed by atoms with Crippen molar-refractivity contribution in [2.45, 2.75) is 58.0 Å². The number of halogens is 2. The minimum atomic E-state index is -1.78. The zero-order chi connectivity index (χ0) is 15.6. The van der Waals surface area contributed by atoms with E-state index in [9.17, 15) is 13.6 Å². The Bertz CT molecular complexity index is 328. The number of methoxy groups -OCH3 is 2. The SMILES string of the molecule is COC(F)C1(C(F)OC)CC(NC(=O)OC(C)(C)C)C1. The molecular weight excluding hydrogens is 272 g/mol. The Balaban J connectivity index is 2.55. The average molecular weight is 295 g/mol. The third kappa shape index (κ3) is 3.79. The number of rotatable bonds is 5. The zero-order valence-electron chi connectivity index (χ0n) is 12.5. The van der Waals surface area contributed by atoms with Gasteiger partial charge in [0.05, 0.1) is 5.41 Å². The Morgan fingerprint density at radius 3 is 2.00 bits per heavy atom. The predicted octanol–water partition coefficient (Wildman–Crippen LogP) is 2.54. The Hall–Kier alpha value is -0.950. The van der Waals surface area contributed by atoms with Gasteiger partial charge in [0, 0.05) is 20.3 Å². The number of nitrogens with one attached hydrogen (secondary N) is 1. The van der Waals surface area contributed by atoms with E-state index >= 15 is 0 Å². The summed E-state index contributed by atoms with van der Waals surface area (Å²) in [5, 5.41) is 2.58. The summed E-state index contributed by atoms with van der Waals surface area (Å²) in [4.78, 5) is 11.6. The van der Waals surface area contributed by atoms with E-state index in [2.05, 4.69) is 14.8 Å². The van der Waals surface area contributed by atoms with Crippen molar-refractivity contribution >= 4 is 6.09 Å². The Morgan fingerprint density at radius 1 is 1.20 bits per heavy atom. The zero-order valence-corrected chi connectivity index (χ0v) is 12.5. The smallest absolute Gasteiger partial charge is 0.407 e. The second kappa shape index (κ2) is 6.22. The molecule has 0 aromatic carbocycles. The standard InChI is InChI=1S/C13H23F2NO4/c1-12(2,3)20-11(17)16-8-6-13(7-8,9(14)18-4)10(15)19-5/h8-10H,6-7H2,1-5H3,(H,16,17). The summed E-state index contributed by atoms with van der Waals surface area (Å²) in [6.45, 7) is 5.22. The molecule has 1 aliphatic carbocycles. The third-order valence-corrected chi connectivity index (χ3v) is 3.29. The number of alkyl carbamates (subject to hydrolysis) is 1. The molecule has 1 N–H and O–H groups in total. The highest BCUT2D eigenvalue weighted by molar-refractivity contribution is 5.68. The fraction of sp³-hybridized carbons (Fsp3) is 0.923. The van der Waals surface area contributed by atoms with Crippen LogP contribution in [0.1, 0.15) is 33.6 Å². The van der Waals surface area contributed by atoms with Gasteiger partial charge in [-0.25, -0.2) is 13.6 Å². The quantitative estimate of drug-likeness (QED) is 0.847. The van der Waals surface area contributed by atoms with Crippen molar-refractivity contribution in [2.75, 3.05) is 14.2 Å². The molecule has 7 heteroatoms. The molecule has 0 spiro atoms. The topological polar surface area (TPSA) is 56.8 Å². The highest BCUT2D eigenvalue weighted by Gasteiger charge is 2.57. The molecular formula is C13H23F2NO4. The van der Waals surface area contributed by atoms with Gasteiger partial charge < -0.3 is 19.5 Å². The lowest BCUT2D eigenvalue weighted by Gasteiger charge is -2.49. The number of hydrogen-bond donors (Lipinski definition) is 1. The van der Waals surface area contributed by atoms with Crippen LogP contribution in [0.15, 0.2) is 0 Å². The number of alkyl halides is 2. The lowest BCUT2D eigenvalue weighted by atomic mass is 9.65. The van der Waals surface area contributed by atoms with Crippen molar-refractivity contribution in [1.29, 1.82) is 0 Å². The molecule has 0 aromatic rings. The van der Waals surface area contributed by atoms with Gasteiger partial charge in [-0.1, -0.05) is 0 Å². The van der Waals surface area contributed by atoms with E-state index in [1.54, 1.807) is 20.8 Å². The molecule has 0 aliphatic heterocycles. The molecule has 0 heterocycles. The van der Waals surface area contributed by atoms with Gasteiger partial charge in [-0.2, -0.15) is 0 Å². The first-order valence-corrected chi connectivity index (χ1v) is 6.48. The summed E-state index contributed by atoms with van der Waals surface area (Å²) in [6.07, 6.45) is -3.98. The van der Waals surface area contributed by atoms with E-state index in [1.165, 1.54) is 14.2 Å². The molecule has 1 aliphatic rings. The molecule has 2 unspecified atom stereocenters. The highest BCUT2D eigenvalue weighted by Crippen LogP contribution is 2.50. The van der Waals surface area contributed by atoms with Gasteiger partial charge in [-0.3, -0.25) is 0 Å². The van der Waals surface area contributed by atoms with Gasteiger partial charge >= 0.3 is 6.09 Å². The van der Waals surface area contributed by atoms with Crippen LogP contribution in [0.4, 0.5) is 13.6 Å². The van der Waals surface area contributed by atoms with Crippen LogP contribution in [0.3, 0.4) is 0 Å². The van der Waals surface area contributed by atoms with Crippen molar-refractivity contribution in [3.63, 3.8) is 0 Å². The number of ether oxygens (including phenoxy) is 3. The van der Waals surface area contributed by atoms with Gasteiger partial charge in [0.25, 0.3) is 0 Å². The molecule has 0 bridgehead atoms. The van der Waals surface area contributed by atoms with E-state index < -0.39 is 29.8 Å². The van der Waals surface area contributed by atoms with E-state index in [1.807, 2.05) is 0 Å². The van der Waals surface area contributed by atoms with Crippen molar-refractivity contribution in [1.82, 2.24) is 5.32 Å². The predicted molar refractivity (Wildman–Crippen MR) is 68.6 cm³/mol. The number of amides is 1. The second-order valence-corrected chi connectivity index (χ2v) is 6.09. The maximum absolute atomic E-state index is 13.8. The molecule has 5 nitrogen and oxygen atoms in total. The van der Waals surface area contributed by atoms with Crippen LogP contribution in [0.2, 0.25) is 0 Å². The molecule has 0 saturated heterocycles. The molecule has 118 valence electrons. The number of carbonyl (C=O) groups is 1. The van der Waals surface area contributed by atoms with Crippen LogP contribution in [0, 0.1) is 5.41 Å². The van der Waals surface area contributed by atoms with Gasteiger partial charge in [0.1, 0.15) is 5.60 Å². The van der Waals surface area contributed by atoms with Gasteiger partial charge in [0.15, 0.2) is 0 Å². The van der Waals surface area contributed by atoms with Gasteiger partial charge in [-0.05, 0) is 33.6 Å². The summed E-state index contributed by atoms with van der Waals surface area (Å²) in [5.41, 5.74) is -1.99. The molecule has 1 saturated carbocycles. The summed E-state index contributed by atoms with van der Waals surface area (Å²) in [7, 11) is 2.34. The fourth-order valence-corrected chi connectivity index (χ4v) is 2.38. The monoisotopic (exact) mass is 295 g/mol. The third-order valence-electron chi connectivity index (χ3n) is 3.29. The molecule has 1 amide bonds. The number of carbonyl (C=O) groups excluding carboxylic acids is 1. The van der Waals surface area contributed by atoms with Crippen LogP contribution in [-0.4, -0.2) is 44.7 Å². The summed E-state index contributed by atoms with van der Waals surface area (Å²) in [6, 6.07) is -0.355. The lowest BCUT2D eigenvalue weighted by molar-refractivity contribution is -0.238. The van der Waals surface area contributed by atoms with E-state index in [0.717, 1.165) is 0 Å². The van der Waals surface area contributed by atoms with Crippen molar-refractivity contribution in [2.24, 2.45) is 5.41 Å². The van der Waals surface area contributed by atoms with Crippen LogP contribution in [-0.2, 0) is 14.2 Å². The van der Waals surface area contributed by atoms with E-state index in [4.69, 9.17) is 4.74 Å². The summed E-state index contributed by atoms with van der Waals surface area (Å²) in [5.74, 6) is 0. The maximum Gasteiger partial charge on any atom is 0.407 e. The van der Waals surface area contributed by atoms with E-state index in [0.29, 0.717) is 0 Å². The molecule has 2 atom stereocenters. The Morgan fingerprint density at radius 2 is 1.65 bits per heavy atom. The van der Waals surface area contributed by atoms with Gasteiger partial charge in [-0.15, -0.1) is 0 Å². The largest absolute Gasteiger partial charge is 0.444 e. The molecule has 1 fully saturated rings. The lowest BCUT2D eigenvalue weighted by Crippen LogP contribution is -2.60. The normalized spacial score (nSPS) is 29.2. The van der Waals surface area contributed by atoms with Crippen LogP contribution in [0.25, 0.3) is 0 Å². The van der Waals surface area contributed by atoms with Gasteiger partial charge in [0.2, 0.25) is 12.7 Å². The minimum Gasteiger partial charge on any atom is -0.444 e. The molecule has 0 aromatic heterocycles. The van der Waals surface area contributed by atoms with Crippen molar-refractivity contribution < 1.29 is 27.8 Å². The molecule has 1 rings (SSSR count). The van der Waals surface area contributed by atoms with E-state index in [-0.39, 0.29) is 18.9 Å².